The van der Waals surface area contributed by atoms with Gasteiger partial charge in [-0.05, 0) is 56.9 Å². The Balaban J connectivity index is 1.28. The number of aromatic nitrogens is 4. The van der Waals surface area contributed by atoms with E-state index in [2.05, 4.69) is 32.5 Å². The molecule has 2 aliphatic rings. The molecule has 5 rings (SSSR count). The van der Waals surface area contributed by atoms with E-state index >= 15 is 0 Å². The van der Waals surface area contributed by atoms with Crippen LogP contribution >= 0.6 is 0 Å². The molecule has 0 aromatic carbocycles. The fourth-order valence-corrected chi connectivity index (χ4v) is 4.85. The number of halogens is 3. The van der Waals surface area contributed by atoms with Crippen molar-refractivity contribution < 1.29 is 22.7 Å². The number of amides is 1. The largest absolute Gasteiger partial charge is 0.417 e. The molecule has 1 aliphatic carbocycles. The van der Waals surface area contributed by atoms with E-state index in [0.717, 1.165) is 25.1 Å². The normalized spacial score (nSPS) is 23.2. The Morgan fingerprint density at radius 1 is 1.11 bits per heavy atom. The monoisotopic (exact) mass is 508 g/mol. The Bertz CT molecular complexity index is 1380. The lowest BCUT2D eigenvalue weighted by molar-refractivity contribution is -0.137. The fourth-order valence-electron chi connectivity index (χ4n) is 4.85. The molecule has 1 amide bonds. The molecular weight excluding hydrogens is 485 g/mol. The van der Waals surface area contributed by atoms with Crippen LogP contribution in [0.2, 0.25) is 0 Å². The zero-order chi connectivity index (χ0) is 26.3. The van der Waals surface area contributed by atoms with Gasteiger partial charge >= 0.3 is 6.18 Å². The minimum atomic E-state index is -4.49. The van der Waals surface area contributed by atoms with E-state index in [1.165, 1.54) is 23.1 Å². The van der Waals surface area contributed by atoms with Crippen LogP contribution in [0.4, 0.5) is 18.9 Å². The molecule has 1 fully saturated rings. The number of carbonyl (C=O) groups is 1. The highest BCUT2D eigenvalue weighted by molar-refractivity contribution is 6.04. The predicted octanol–water partition coefficient (Wildman–Crippen LogP) is 4.90. The minimum absolute atomic E-state index is 0.158. The van der Waals surface area contributed by atoms with Crippen LogP contribution < -0.4 is 5.32 Å². The van der Waals surface area contributed by atoms with Gasteiger partial charge in [0.05, 0.1) is 64.3 Å². The van der Waals surface area contributed by atoms with Crippen molar-refractivity contribution in [3.05, 3.63) is 77.5 Å². The Kier molecular flexibility index (Phi) is 6.07. The first-order valence-electron chi connectivity index (χ1n) is 11.7. The van der Waals surface area contributed by atoms with Crippen LogP contribution in [0.5, 0.6) is 0 Å². The molecule has 3 aromatic heterocycles. The van der Waals surface area contributed by atoms with E-state index in [9.17, 15) is 23.2 Å². The van der Waals surface area contributed by atoms with Crippen molar-refractivity contribution in [2.45, 2.75) is 49.8 Å². The van der Waals surface area contributed by atoms with Gasteiger partial charge in [-0.1, -0.05) is 12.2 Å². The second-order valence-corrected chi connectivity index (χ2v) is 9.32. The van der Waals surface area contributed by atoms with E-state index in [-0.39, 0.29) is 17.0 Å². The minimum Gasteiger partial charge on any atom is -0.367 e. The molecule has 0 bridgehead atoms. The second kappa shape index (κ2) is 9.12. The molecule has 1 saturated carbocycles. The second-order valence-electron chi connectivity index (χ2n) is 9.32. The van der Waals surface area contributed by atoms with E-state index in [4.69, 9.17) is 4.74 Å². The molecule has 11 heteroatoms. The summed E-state index contributed by atoms with van der Waals surface area (Å²) in [6, 6.07) is 8.02. The highest BCUT2D eigenvalue weighted by Gasteiger charge is 2.45. The van der Waals surface area contributed by atoms with Gasteiger partial charge in [-0.15, -0.1) is 0 Å². The Morgan fingerprint density at radius 3 is 2.46 bits per heavy atom. The lowest BCUT2D eigenvalue weighted by Gasteiger charge is -2.39. The first-order valence-corrected chi connectivity index (χ1v) is 11.7. The first kappa shape index (κ1) is 24.6. The fraction of sp³-hybridized carbons (Fsp3) is 0.346. The van der Waals surface area contributed by atoms with Crippen molar-refractivity contribution in [3.63, 3.8) is 0 Å². The van der Waals surface area contributed by atoms with Gasteiger partial charge in [0, 0.05) is 6.20 Å². The van der Waals surface area contributed by atoms with Crippen LogP contribution in [0.3, 0.4) is 0 Å². The molecule has 1 N–H and O–H groups in total. The molecule has 8 nitrogen and oxygen atoms in total. The summed E-state index contributed by atoms with van der Waals surface area (Å²) >= 11 is 0. The quantitative estimate of drug-likeness (QED) is 0.503. The molecule has 0 unspecified atom stereocenters. The Hall–Kier alpha value is -4.04. The van der Waals surface area contributed by atoms with E-state index < -0.39 is 23.1 Å². The molecule has 3 aromatic rings. The van der Waals surface area contributed by atoms with Gasteiger partial charge in [-0.25, -0.2) is 9.67 Å². The van der Waals surface area contributed by atoms with E-state index in [1.807, 2.05) is 6.08 Å². The van der Waals surface area contributed by atoms with E-state index in [1.54, 1.807) is 19.1 Å². The van der Waals surface area contributed by atoms with Gasteiger partial charge in [0.25, 0.3) is 5.91 Å². The number of alkyl halides is 3. The van der Waals surface area contributed by atoms with E-state index in [0.29, 0.717) is 36.5 Å². The molecule has 1 aliphatic heterocycles. The van der Waals surface area contributed by atoms with Gasteiger partial charge in [0.1, 0.15) is 0 Å². The summed E-state index contributed by atoms with van der Waals surface area (Å²) in [6.07, 6.45) is 5.93. The number of rotatable bonds is 4. The van der Waals surface area contributed by atoms with Crippen LogP contribution in [0.15, 0.2) is 55.0 Å². The van der Waals surface area contributed by atoms with Crippen LogP contribution in [0.25, 0.3) is 5.82 Å². The Morgan fingerprint density at radius 2 is 1.89 bits per heavy atom. The number of nitrogens with one attached hydrogen (secondary N) is 1. The SMILES string of the molecule is Cc1c(C(=O)Nc2ccc([C@]3(C#N)CC[C@]4(C=CCO4)CC3)nc2)cnn1-c1ccc(C(F)(F)F)cn1. The number of anilines is 1. The van der Waals surface area contributed by atoms with Crippen molar-refractivity contribution in [2.75, 3.05) is 11.9 Å². The van der Waals surface area contributed by atoms with Crippen molar-refractivity contribution in [1.29, 1.82) is 5.26 Å². The van der Waals surface area contributed by atoms with Crippen molar-refractivity contribution in [1.82, 2.24) is 19.7 Å². The van der Waals surface area contributed by atoms with Crippen molar-refractivity contribution in [2.24, 2.45) is 0 Å². The topological polar surface area (TPSA) is 106 Å². The van der Waals surface area contributed by atoms with Crippen LogP contribution in [-0.4, -0.2) is 37.9 Å². The third kappa shape index (κ3) is 4.60. The molecule has 0 atom stereocenters. The highest BCUT2D eigenvalue weighted by Crippen LogP contribution is 2.45. The van der Waals surface area contributed by atoms with Gasteiger partial charge in [-0.2, -0.15) is 23.5 Å². The number of carbonyl (C=O) groups excluding carboxylic acids is 1. The first-order chi connectivity index (χ1) is 17.6. The molecule has 1 spiro atoms. The summed E-state index contributed by atoms with van der Waals surface area (Å²) in [5.41, 5.74) is -0.104. The van der Waals surface area contributed by atoms with Crippen molar-refractivity contribution in [3.8, 4) is 11.9 Å². The number of nitriles is 1. The lowest BCUT2D eigenvalue weighted by Crippen LogP contribution is -2.40. The number of nitrogens with zero attached hydrogens (tertiary/aromatic N) is 5. The lowest BCUT2D eigenvalue weighted by atomic mass is 9.67. The zero-order valence-electron chi connectivity index (χ0n) is 19.9. The zero-order valence-corrected chi connectivity index (χ0v) is 19.9. The molecular formula is C26H23F3N6O2. The number of ether oxygens (including phenoxy) is 1. The van der Waals surface area contributed by atoms with Crippen LogP contribution in [-0.2, 0) is 16.3 Å². The average molecular weight is 509 g/mol. The van der Waals surface area contributed by atoms with Gasteiger partial charge in [-0.3, -0.25) is 9.78 Å². The van der Waals surface area contributed by atoms with Gasteiger partial charge in [0.2, 0.25) is 0 Å². The summed E-state index contributed by atoms with van der Waals surface area (Å²) in [5, 5.41) is 16.9. The third-order valence-corrected chi connectivity index (χ3v) is 7.11. The summed E-state index contributed by atoms with van der Waals surface area (Å²) < 4.78 is 45.6. The molecule has 0 saturated heterocycles. The number of pyridine rings is 2. The molecule has 4 heterocycles. The summed E-state index contributed by atoms with van der Waals surface area (Å²) in [6.45, 7) is 2.23. The van der Waals surface area contributed by atoms with Gasteiger partial charge in [0.15, 0.2) is 5.82 Å². The standard InChI is InChI=1S/C26H23F3N6O2/c1-17-20(15-33-35(17)22-6-3-18(13-32-22)26(27,28)29)23(36)34-19-4-5-21(31-14-19)24(16-30)8-10-25(11-9-24)7-2-12-37-25/h2-7,13-15H,8-12H2,1H3,(H,34,36)/t24-,25-. The summed E-state index contributed by atoms with van der Waals surface area (Å²) in [4.78, 5) is 21.2. The molecule has 37 heavy (non-hydrogen) atoms. The molecule has 0 radical (unpaired) electrons. The van der Waals surface area contributed by atoms with Gasteiger partial charge < -0.3 is 10.1 Å². The van der Waals surface area contributed by atoms with Crippen LogP contribution in [0, 0.1) is 18.3 Å². The highest BCUT2D eigenvalue weighted by atomic mass is 19.4. The van der Waals surface area contributed by atoms with Crippen LogP contribution in [0.1, 0.15) is 53.0 Å². The molecule has 190 valence electrons. The average Bonchev–Trinajstić information content (AvgIpc) is 3.51. The smallest absolute Gasteiger partial charge is 0.367 e. The predicted molar refractivity (Wildman–Crippen MR) is 127 cm³/mol. The number of hydrogen-bond donors (Lipinski definition) is 1. The summed E-state index contributed by atoms with van der Waals surface area (Å²) in [7, 11) is 0. The summed E-state index contributed by atoms with van der Waals surface area (Å²) in [5.74, 6) is -0.296. The maximum Gasteiger partial charge on any atom is 0.417 e. The number of hydrogen-bond acceptors (Lipinski definition) is 6. The maximum absolute atomic E-state index is 12.9. The van der Waals surface area contributed by atoms with Crippen molar-refractivity contribution >= 4 is 11.6 Å². The third-order valence-electron chi connectivity index (χ3n) is 7.11. The Labute approximate surface area is 210 Å². The maximum atomic E-state index is 12.9.